The SMILES string of the molecule is C.COC(=O)C(OC(=O)N1CCN(C(c2ccc(Cl)cc2)c2ccc(Cl)cc2)CC1)C(F)(F)F.O=C(O)C(OC(=O)N1CCN(C(c2ccc(Cl)cc2)c2ccc(Cl)cc2)CC1)C(F)(F)F.[Na+].[OH-]. The Morgan fingerprint density at radius 1 is 0.515 bits per heavy atom. The number of hydrogen-bond donors (Lipinski definition) is 1. The van der Waals surface area contributed by atoms with Crippen LogP contribution in [0.15, 0.2) is 97.1 Å². The molecule has 0 aliphatic carbocycles. The molecule has 6 rings (SSSR count). The summed E-state index contributed by atoms with van der Waals surface area (Å²) in [5.74, 6) is -3.95. The Hall–Kier alpha value is -4.02. The molecule has 2 amide bonds. The first-order valence-electron chi connectivity index (χ1n) is 19.5. The van der Waals surface area contributed by atoms with E-state index in [2.05, 4.69) is 24.0 Å². The first kappa shape index (κ1) is 60.1. The number of benzene rings is 4. The first-order valence-corrected chi connectivity index (χ1v) is 21.0. The Balaban J connectivity index is 0.000000447. The summed E-state index contributed by atoms with van der Waals surface area (Å²) >= 11 is 24.1. The van der Waals surface area contributed by atoms with E-state index in [1.807, 2.05) is 48.5 Å². The van der Waals surface area contributed by atoms with Crippen LogP contribution in [0, 0.1) is 0 Å². The maximum absolute atomic E-state index is 13.1. The number of carbonyl (C=O) groups excluding carboxylic acids is 3. The van der Waals surface area contributed by atoms with E-state index in [4.69, 9.17) is 51.5 Å². The van der Waals surface area contributed by atoms with E-state index in [-0.39, 0.29) is 80.7 Å². The van der Waals surface area contributed by atoms with Crippen molar-refractivity contribution in [2.45, 2.75) is 44.1 Å². The van der Waals surface area contributed by atoms with E-state index in [1.54, 1.807) is 48.5 Å². The van der Waals surface area contributed by atoms with Gasteiger partial charge in [0.25, 0.3) is 12.2 Å². The van der Waals surface area contributed by atoms with Gasteiger partial charge < -0.3 is 34.6 Å². The van der Waals surface area contributed by atoms with Gasteiger partial charge in [-0.15, -0.1) is 0 Å². The number of carbonyl (C=O) groups is 4. The summed E-state index contributed by atoms with van der Waals surface area (Å²) in [4.78, 5) is 53.1. The molecule has 0 aromatic heterocycles. The van der Waals surface area contributed by atoms with Gasteiger partial charge in [0.1, 0.15) is 0 Å². The van der Waals surface area contributed by atoms with Crippen LogP contribution in [0.25, 0.3) is 0 Å². The van der Waals surface area contributed by atoms with E-state index in [0.29, 0.717) is 46.3 Å². The number of esters is 1. The number of carboxylic acid groups (broad SMARTS) is 1. The van der Waals surface area contributed by atoms with Gasteiger partial charge in [0.05, 0.1) is 19.2 Å². The number of halogens is 10. The normalized spacial score (nSPS) is 15.3. The summed E-state index contributed by atoms with van der Waals surface area (Å²) in [7, 11) is 0.793. The van der Waals surface area contributed by atoms with Crippen molar-refractivity contribution in [3.05, 3.63) is 139 Å². The molecule has 2 N–H and O–H groups in total. The smallest absolute Gasteiger partial charge is 0.870 e. The maximum atomic E-state index is 13.1. The van der Waals surface area contributed by atoms with Gasteiger partial charge >= 0.3 is 66.0 Å². The third kappa shape index (κ3) is 16.6. The number of piperazine rings is 2. The minimum Gasteiger partial charge on any atom is -0.870 e. The molecule has 13 nitrogen and oxygen atoms in total. The van der Waals surface area contributed by atoms with Crippen molar-refractivity contribution in [2.24, 2.45) is 0 Å². The molecule has 0 saturated carbocycles. The molecule has 2 fully saturated rings. The van der Waals surface area contributed by atoms with Crippen molar-refractivity contribution >= 4 is 70.5 Å². The Morgan fingerprint density at radius 3 is 0.985 bits per heavy atom. The second kappa shape index (κ2) is 26.8. The van der Waals surface area contributed by atoms with Crippen LogP contribution in [-0.4, -0.2) is 138 Å². The van der Waals surface area contributed by atoms with Gasteiger partial charge in [-0.05, 0) is 70.8 Å². The fourth-order valence-electron chi connectivity index (χ4n) is 7.10. The minimum atomic E-state index is -5.20. The molecular weight excluding hydrogens is 1010 g/mol. The van der Waals surface area contributed by atoms with Crippen LogP contribution in [0.3, 0.4) is 0 Å². The van der Waals surface area contributed by atoms with E-state index in [1.165, 1.54) is 0 Å². The second-order valence-electron chi connectivity index (χ2n) is 14.5. The first-order chi connectivity index (χ1) is 30.7. The van der Waals surface area contributed by atoms with Crippen LogP contribution in [0.2, 0.25) is 20.1 Å². The summed E-state index contributed by atoms with van der Waals surface area (Å²) in [5.41, 5.74) is 3.80. The molecule has 2 unspecified atom stereocenters. The van der Waals surface area contributed by atoms with Gasteiger partial charge in [-0.3, -0.25) is 9.80 Å². The fraction of sp³-hybridized carbons (Fsp3) is 0.364. The molecule has 68 heavy (non-hydrogen) atoms. The predicted molar refractivity (Wildman–Crippen MR) is 237 cm³/mol. The Kier molecular flexibility index (Phi) is 23.7. The summed E-state index contributed by atoms with van der Waals surface area (Å²) < 4.78 is 90.3. The molecule has 366 valence electrons. The summed E-state index contributed by atoms with van der Waals surface area (Å²) in [5, 5.41) is 11.1. The third-order valence-corrected chi connectivity index (χ3v) is 11.3. The molecular formula is C44H45Cl4F6N4NaO9. The van der Waals surface area contributed by atoms with Crippen molar-refractivity contribution in [1.82, 2.24) is 19.6 Å². The van der Waals surface area contributed by atoms with E-state index < -0.39 is 48.7 Å². The summed E-state index contributed by atoms with van der Waals surface area (Å²) in [6.07, 6.45) is -19.0. The average molecular weight is 1050 g/mol. The van der Waals surface area contributed by atoms with Gasteiger partial charge in [-0.2, -0.15) is 26.3 Å². The zero-order chi connectivity index (χ0) is 47.6. The number of alkyl halides is 6. The number of methoxy groups -OCH3 is 1. The molecule has 0 spiro atoms. The average Bonchev–Trinajstić information content (AvgIpc) is 3.27. The van der Waals surface area contributed by atoms with Crippen LogP contribution in [0.1, 0.15) is 41.8 Å². The van der Waals surface area contributed by atoms with Gasteiger partial charge in [-0.1, -0.05) is 102 Å². The minimum absolute atomic E-state index is 0. The topological polar surface area (TPSA) is 159 Å². The Bertz CT molecular complexity index is 2150. The van der Waals surface area contributed by atoms with Crippen molar-refractivity contribution in [1.29, 1.82) is 0 Å². The number of carboxylic acids is 1. The monoisotopic (exact) mass is 1050 g/mol. The van der Waals surface area contributed by atoms with Crippen LogP contribution >= 0.6 is 46.4 Å². The van der Waals surface area contributed by atoms with Crippen LogP contribution < -0.4 is 29.6 Å². The van der Waals surface area contributed by atoms with Gasteiger partial charge in [0.2, 0.25) is 0 Å². The van der Waals surface area contributed by atoms with Gasteiger partial charge in [0.15, 0.2) is 0 Å². The van der Waals surface area contributed by atoms with Crippen molar-refractivity contribution in [3.63, 3.8) is 0 Å². The maximum Gasteiger partial charge on any atom is 1.00 e. The van der Waals surface area contributed by atoms with Crippen molar-refractivity contribution in [2.75, 3.05) is 59.5 Å². The number of amides is 2. The molecule has 2 heterocycles. The Morgan fingerprint density at radius 2 is 0.765 bits per heavy atom. The van der Waals surface area contributed by atoms with Crippen molar-refractivity contribution in [3.8, 4) is 0 Å². The Labute approximate surface area is 430 Å². The molecule has 24 heteroatoms. The molecule has 2 aliphatic heterocycles. The number of nitrogens with zero attached hydrogens (tertiary/aromatic N) is 4. The van der Waals surface area contributed by atoms with Gasteiger partial charge in [0, 0.05) is 72.4 Å². The number of hydrogen-bond acceptors (Lipinski definition) is 10. The molecule has 2 atom stereocenters. The molecule has 4 aromatic carbocycles. The standard InChI is InChI=1S/C22H21Cl2F3N2O4.C21H19Cl2F3N2O4.CH4.Na.H2O/c1-32-20(30)19(22(25,26)27)33-21(31)29-12-10-28(11-13-29)18(14-2-6-16(23)7-3-14)15-4-8-17(24)9-5-15;22-15-5-1-13(2-6-15)17(14-3-7-16(23)8-4-14)27-9-11-28(12-10-27)20(31)32-18(19(29)30)21(24,25)26;;;/h2-9,18-19H,10-13H2,1H3;1-8,17-18H,9-12H2,(H,29,30);1H4;;1H2/q;;;+1;/p-1. The zero-order valence-corrected chi connectivity index (χ0v) is 40.5. The van der Waals surface area contributed by atoms with Crippen molar-refractivity contribution < 1.29 is 99.9 Å². The summed E-state index contributed by atoms with van der Waals surface area (Å²) in [6.45, 7) is 1.75. The number of rotatable bonds is 10. The van der Waals surface area contributed by atoms with Crippen LogP contribution in [0.5, 0.6) is 0 Å². The van der Waals surface area contributed by atoms with E-state index in [9.17, 15) is 45.5 Å². The molecule has 0 radical (unpaired) electrons. The summed E-state index contributed by atoms with van der Waals surface area (Å²) in [6, 6.07) is 28.8. The third-order valence-electron chi connectivity index (χ3n) is 10.3. The van der Waals surface area contributed by atoms with Crippen LogP contribution in [0.4, 0.5) is 35.9 Å². The second-order valence-corrected chi connectivity index (χ2v) is 16.3. The quantitative estimate of drug-likeness (QED) is 0.0738. The predicted octanol–water partition coefficient (Wildman–Crippen LogP) is 7.26. The zero-order valence-electron chi connectivity index (χ0n) is 35.5. The number of aliphatic carboxylic acids is 1. The van der Waals surface area contributed by atoms with E-state index >= 15 is 0 Å². The fourth-order valence-corrected chi connectivity index (χ4v) is 7.60. The molecule has 4 aromatic rings. The molecule has 2 aliphatic rings. The largest absolute Gasteiger partial charge is 1.00 e. The number of ether oxygens (including phenoxy) is 3. The van der Waals surface area contributed by atoms with Crippen LogP contribution in [-0.2, 0) is 23.8 Å². The molecule has 0 bridgehead atoms. The van der Waals surface area contributed by atoms with E-state index in [0.717, 1.165) is 39.2 Å². The molecule has 2 saturated heterocycles. The van der Waals surface area contributed by atoms with Gasteiger partial charge in [-0.25, -0.2) is 19.2 Å².